The molecule has 0 saturated carbocycles. The van der Waals surface area contributed by atoms with E-state index in [0.29, 0.717) is 29.8 Å². The molecule has 6 heteroatoms. The van der Waals surface area contributed by atoms with E-state index in [0.717, 1.165) is 5.56 Å². The fourth-order valence-corrected chi connectivity index (χ4v) is 4.30. The van der Waals surface area contributed by atoms with Crippen LogP contribution in [-0.2, 0) is 9.47 Å². The normalized spacial score (nSPS) is 12.3. The summed E-state index contributed by atoms with van der Waals surface area (Å²) >= 11 is 0. The Kier molecular flexibility index (Phi) is 6.97. The van der Waals surface area contributed by atoms with Gasteiger partial charge in [0.2, 0.25) is 0 Å². The maximum Gasteiger partial charge on any atom is 0.407 e. The van der Waals surface area contributed by atoms with Crippen molar-refractivity contribution in [3.05, 3.63) is 94.6 Å². The Morgan fingerprint density at radius 3 is 2.32 bits per heavy atom. The Hall–Kier alpha value is -4.06. The number of methoxy groups -OCH3 is 1. The highest BCUT2D eigenvalue weighted by molar-refractivity contribution is 5.93. The molecule has 4 rings (SSSR count). The van der Waals surface area contributed by atoms with Gasteiger partial charge in [0.05, 0.1) is 12.7 Å². The van der Waals surface area contributed by atoms with Crippen molar-refractivity contribution in [2.24, 2.45) is 0 Å². The Morgan fingerprint density at radius 2 is 1.68 bits per heavy atom. The third-order valence-corrected chi connectivity index (χ3v) is 6.11. The predicted molar refractivity (Wildman–Crippen MR) is 134 cm³/mol. The Bertz CT molecular complexity index is 1200. The maximum atomic E-state index is 12.3. The van der Waals surface area contributed by atoms with Crippen LogP contribution in [0, 0.1) is 6.92 Å². The number of nitrogen functional groups attached to an aromatic ring is 1. The topological polar surface area (TPSA) is 90.6 Å². The van der Waals surface area contributed by atoms with Crippen LogP contribution in [0.5, 0.6) is 0 Å². The van der Waals surface area contributed by atoms with Gasteiger partial charge in [-0.3, -0.25) is 0 Å². The van der Waals surface area contributed by atoms with Crippen LogP contribution in [0.3, 0.4) is 0 Å². The molecule has 1 amide bonds. The molecule has 0 radical (unpaired) electrons. The van der Waals surface area contributed by atoms with Crippen molar-refractivity contribution in [2.45, 2.75) is 19.3 Å². The van der Waals surface area contributed by atoms with E-state index in [2.05, 4.69) is 29.6 Å². The van der Waals surface area contributed by atoms with E-state index in [4.69, 9.17) is 15.2 Å². The molecule has 6 nitrogen and oxygen atoms in total. The summed E-state index contributed by atoms with van der Waals surface area (Å²) in [7, 11) is 1.34. The number of alkyl carbamates (subject to hydrolysis) is 1. The van der Waals surface area contributed by atoms with E-state index in [1.807, 2.05) is 36.4 Å². The zero-order chi connectivity index (χ0) is 24.1. The molecule has 34 heavy (non-hydrogen) atoms. The van der Waals surface area contributed by atoms with Crippen LogP contribution in [0.2, 0.25) is 0 Å². The lowest BCUT2D eigenvalue weighted by Gasteiger charge is -2.14. The van der Waals surface area contributed by atoms with Gasteiger partial charge >= 0.3 is 12.1 Å². The number of amides is 1. The Morgan fingerprint density at radius 1 is 1.03 bits per heavy atom. The number of rotatable bonds is 7. The average molecular weight is 457 g/mol. The second-order valence-electron chi connectivity index (χ2n) is 8.22. The summed E-state index contributed by atoms with van der Waals surface area (Å²) in [4.78, 5) is 24.2. The smallest absolute Gasteiger partial charge is 0.407 e. The van der Waals surface area contributed by atoms with E-state index in [9.17, 15) is 9.59 Å². The summed E-state index contributed by atoms with van der Waals surface area (Å²) < 4.78 is 10.4. The fourth-order valence-electron chi connectivity index (χ4n) is 4.30. The van der Waals surface area contributed by atoms with Gasteiger partial charge < -0.3 is 20.5 Å². The van der Waals surface area contributed by atoms with Crippen molar-refractivity contribution in [1.82, 2.24) is 5.32 Å². The molecule has 0 aliphatic heterocycles. The molecule has 3 aromatic carbocycles. The van der Waals surface area contributed by atoms with Crippen LogP contribution in [0.25, 0.3) is 17.2 Å². The van der Waals surface area contributed by atoms with E-state index >= 15 is 0 Å². The molecule has 0 atom stereocenters. The average Bonchev–Trinajstić information content (AvgIpc) is 3.17. The van der Waals surface area contributed by atoms with Crippen LogP contribution in [0.15, 0.2) is 66.7 Å². The summed E-state index contributed by atoms with van der Waals surface area (Å²) in [6, 6.07) is 20.0. The number of benzene rings is 3. The second kappa shape index (κ2) is 10.3. The highest BCUT2D eigenvalue weighted by Gasteiger charge is 2.28. The summed E-state index contributed by atoms with van der Waals surface area (Å²) in [5.41, 5.74) is 13.2. The molecule has 0 fully saturated rings. The van der Waals surface area contributed by atoms with Crippen molar-refractivity contribution in [3.63, 3.8) is 0 Å². The third kappa shape index (κ3) is 4.81. The number of anilines is 1. The van der Waals surface area contributed by atoms with Crippen molar-refractivity contribution in [1.29, 1.82) is 0 Å². The lowest BCUT2D eigenvalue weighted by Crippen LogP contribution is -2.26. The molecule has 1 aliphatic rings. The van der Waals surface area contributed by atoms with Gasteiger partial charge in [-0.05, 0) is 58.9 Å². The quantitative estimate of drug-likeness (QED) is 0.286. The second-order valence-corrected chi connectivity index (χ2v) is 8.22. The molecule has 0 heterocycles. The molecule has 3 N–H and O–H groups in total. The first-order chi connectivity index (χ1) is 16.5. The van der Waals surface area contributed by atoms with E-state index in [1.165, 1.54) is 29.4 Å². The first-order valence-corrected chi connectivity index (χ1v) is 11.2. The number of nitrogens with one attached hydrogen (secondary N) is 1. The van der Waals surface area contributed by atoms with E-state index in [1.54, 1.807) is 19.1 Å². The van der Waals surface area contributed by atoms with Crippen molar-refractivity contribution in [3.8, 4) is 11.1 Å². The highest BCUT2D eigenvalue weighted by atomic mass is 16.5. The van der Waals surface area contributed by atoms with Gasteiger partial charge in [0, 0.05) is 18.2 Å². The molecule has 174 valence electrons. The molecular weight excluding hydrogens is 428 g/mol. The lowest BCUT2D eigenvalue weighted by atomic mass is 9.98. The number of hydrogen-bond donors (Lipinski definition) is 2. The van der Waals surface area contributed by atoms with Crippen LogP contribution >= 0.6 is 0 Å². The summed E-state index contributed by atoms with van der Waals surface area (Å²) in [6.45, 7) is 2.50. The third-order valence-electron chi connectivity index (χ3n) is 6.11. The molecule has 0 aromatic heterocycles. The van der Waals surface area contributed by atoms with Crippen LogP contribution in [0.4, 0.5) is 10.5 Å². The number of fused-ring (bicyclic) bond motifs is 3. The van der Waals surface area contributed by atoms with Crippen LogP contribution in [-0.4, -0.2) is 32.3 Å². The van der Waals surface area contributed by atoms with Gasteiger partial charge in [0.15, 0.2) is 0 Å². The molecule has 0 saturated heterocycles. The number of esters is 1. The molecule has 0 unspecified atom stereocenters. The van der Waals surface area contributed by atoms with E-state index in [-0.39, 0.29) is 12.5 Å². The lowest BCUT2D eigenvalue weighted by molar-refractivity contribution is 0.0600. The first kappa shape index (κ1) is 23.1. The van der Waals surface area contributed by atoms with Gasteiger partial charge in [0.1, 0.15) is 6.61 Å². The number of hydrogen-bond acceptors (Lipinski definition) is 5. The first-order valence-electron chi connectivity index (χ1n) is 11.2. The molecule has 3 aromatic rings. The minimum absolute atomic E-state index is 0.0362. The fraction of sp³-hybridized carbons (Fsp3) is 0.214. The molecule has 1 aliphatic carbocycles. The van der Waals surface area contributed by atoms with E-state index < -0.39 is 12.1 Å². The number of carbonyl (C=O) groups is 2. The van der Waals surface area contributed by atoms with Crippen molar-refractivity contribution < 1.29 is 19.1 Å². The van der Waals surface area contributed by atoms with Gasteiger partial charge in [-0.15, -0.1) is 0 Å². The molecular formula is C28H28N2O4. The monoisotopic (exact) mass is 456 g/mol. The molecule has 0 bridgehead atoms. The van der Waals surface area contributed by atoms with Crippen LogP contribution < -0.4 is 11.1 Å². The molecule has 0 spiro atoms. The van der Waals surface area contributed by atoms with Crippen molar-refractivity contribution in [2.75, 3.05) is 26.0 Å². The summed E-state index contributed by atoms with van der Waals surface area (Å²) in [6.07, 6.45) is 3.94. The summed E-state index contributed by atoms with van der Waals surface area (Å²) in [5, 5.41) is 2.79. The maximum absolute atomic E-state index is 12.3. The zero-order valence-corrected chi connectivity index (χ0v) is 19.3. The summed E-state index contributed by atoms with van der Waals surface area (Å²) in [5.74, 6) is -0.384. The number of ether oxygens (including phenoxy) is 2. The minimum Gasteiger partial charge on any atom is -0.465 e. The van der Waals surface area contributed by atoms with Gasteiger partial charge in [-0.25, -0.2) is 9.59 Å². The largest absolute Gasteiger partial charge is 0.465 e. The SMILES string of the molecule is COC(=O)c1cc(C=CCCNC(=O)OCC2c3ccccc3-c3ccccc32)cc(N)c1C. The van der Waals surface area contributed by atoms with Crippen LogP contribution in [0.1, 0.15) is 45.0 Å². The Labute approximate surface area is 199 Å². The Balaban J connectivity index is 1.29. The van der Waals surface area contributed by atoms with Gasteiger partial charge in [0.25, 0.3) is 0 Å². The highest BCUT2D eigenvalue weighted by Crippen LogP contribution is 2.44. The standard InChI is InChI=1S/C28H28N2O4/c1-18-24(27(31)33-2)15-19(16-26(18)29)9-7-8-14-30-28(32)34-17-25-22-12-5-3-10-20(22)21-11-4-6-13-23(21)25/h3-7,9-13,15-16,25H,8,14,17,29H2,1-2H3,(H,30,32). The van der Waals surface area contributed by atoms with Crippen molar-refractivity contribution >= 4 is 23.8 Å². The number of carbonyl (C=O) groups excluding carboxylic acids is 2. The van der Waals surface area contributed by atoms with Gasteiger partial charge in [-0.1, -0.05) is 60.7 Å². The minimum atomic E-state index is -0.442. The number of nitrogens with two attached hydrogens (primary N) is 1. The predicted octanol–water partition coefficient (Wildman–Crippen LogP) is 5.31. The zero-order valence-electron chi connectivity index (χ0n) is 19.3. The van der Waals surface area contributed by atoms with Gasteiger partial charge in [-0.2, -0.15) is 0 Å².